The molecule has 3 rings (SSSR count). The van der Waals surface area contributed by atoms with Gasteiger partial charge in [-0.3, -0.25) is 9.10 Å². The molecule has 3 aromatic rings. The number of carbonyl (C=O) groups excluding carboxylic acids is 2. The summed E-state index contributed by atoms with van der Waals surface area (Å²) in [5.74, 6) is -1.26. The molecule has 0 aliphatic carbocycles. The normalized spacial score (nSPS) is 11.0. The third-order valence-electron chi connectivity index (χ3n) is 4.94. The van der Waals surface area contributed by atoms with E-state index in [0.717, 1.165) is 9.87 Å². The second kappa shape index (κ2) is 10.1. The van der Waals surface area contributed by atoms with Gasteiger partial charge in [0, 0.05) is 5.02 Å². The number of rotatable bonds is 7. The van der Waals surface area contributed by atoms with E-state index in [1.165, 1.54) is 37.4 Å². The number of sulfonamides is 1. The van der Waals surface area contributed by atoms with Crippen LogP contribution in [-0.4, -0.2) is 33.9 Å². The van der Waals surface area contributed by atoms with Crippen LogP contribution in [0, 0.1) is 13.8 Å². The van der Waals surface area contributed by atoms with Crippen LogP contribution >= 0.6 is 11.6 Å². The number of hydrogen-bond acceptors (Lipinski definition) is 5. The highest BCUT2D eigenvalue weighted by Crippen LogP contribution is 2.30. The van der Waals surface area contributed by atoms with Gasteiger partial charge in [-0.15, -0.1) is 0 Å². The van der Waals surface area contributed by atoms with Gasteiger partial charge >= 0.3 is 5.97 Å². The number of ether oxygens (including phenoxy) is 1. The average Bonchev–Trinajstić information content (AvgIpc) is 2.79. The van der Waals surface area contributed by atoms with E-state index in [2.05, 4.69) is 5.32 Å². The minimum atomic E-state index is -4.11. The van der Waals surface area contributed by atoms with E-state index in [-0.39, 0.29) is 21.8 Å². The molecular formula is C24H23ClN2O5S. The maximum absolute atomic E-state index is 13.5. The van der Waals surface area contributed by atoms with Crippen molar-refractivity contribution in [2.45, 2.75) is 18.7 Å². The fourth-order valence-electron chi connectivity index (χ4n) is 3.19. The lowest BCUT2D eigenvalue weighted by atomic mass is 10.1. The summed E-state index contributed by atoms with van der Waals surface area (Å²) in [7, 11) is -2.87. The van der Waals surface area contributed by atoms with Crippen LogP contribution in [0.3, 0.4) is 0 Å². The molecule has 0 atom stereocenters. The second-order valence-electron chi connectivity index (χ2n) is 7.34. The number of nitrogens with zero attached hydrogens (tertiary/aromatic N) is 1. The van der Waals surface area contributed by atoms with Crippen LogP contribution in [0.2, 0.25) is 5.02 Å². The lowest BCUT2D eigenvalue weighted by molar-refractivity contribution is -0.114. The number of carbonyl (C=O) groups is 2. The van der Waals surface area contributed by atoms with Crippen molar-refractivity contribution in [3.05, 3.63) is 88.4 Å². The zero-order valence-electron chi connectivity index (χ0n) is 18.3. The van der Waals surface area contributed by atoms with Crippen LogP contribution in [0.4, 0.5) is 11.4 Å². The first-order chi connectivity index (χ1) is 15.6. The van der Waals surface area contributed by atoms with Crippen molar-refractivity contribution in [3.8, 4) is 0 Å². The molecule has 3 aromatic carbocycles. The second-order valence-corrected chi connectivity index (χ2v) is 9.64. The highest BCUT2D eigenvalue weighted by Gasteiger charge is 2.29. The molecule has 1 N–H and O–H groups in total. The van der Waals surface area contributed by atoms with Crippen molar-refractivity contribution in [3.63, 3.8) is 0 Å². The highest BCUT2D eigenvalue weighted by molar-refractivity contribution is 7.92. The molecule has 0 fully saturated rings. The van der Waals surface area contributed by atoms with Crippen LogP contribution in [0.25, 0.3) is 0 Å². The van der Waals surface area contributed by atoms with Crippen molar-refractivity contribution >= 4 is 44.9 Å². The fraction of sp³-hybridized carbons (Fsp3) is 0.167. The zero-order valence-corrected chi connectivity index (χ0v) is 19.9. The average molecular weight is 487 g/mol. The van der Waals surface area contributed by atoms with Crippen molar-refractivity contribution in [2.24, 2.45) is 0 Å². The SMILES string of the molecule is COC(=O)c1ccccc1NC(=O)CN(c1cc(Cl)ccc1C)S(=O)(=O)c1ccc(C)cc1. The number of anilines is 2. The van der Waals surface area contributed by atoms with E-state index in [1.807, 2.05) is 6.92 Å². The van der Waals surface area contributed by atoms with Gasteiger partial charge in [-0.05, 0) is 55.8 Å². The molecule has 7 nitrogen and oxygen atoms in total. The van der Waals surface area contributed by atoms with E-state index in [9.17, 15) is 18.0 Å². The predicted octanol–water partition coefficient (Wildman–Crippen LogP) is 4.58. The summed E-state index contributed by atoms with van der Waals surface area (Å²) in [4.78, 5) is 25.0. The number of esters is 1. The van der Waals surface area contributed by atoms with Crippen molar-refractivity contribution in [2.75, 3.05) is 23.3 Å². The van der Waals surface area contributed by atoms with E-state index >= 15 is 0 Å². The summed E-state index contributed by atoms with van der Waals surface area (Å²) in [6.07, 6.45) is 0. The van der Waals surface area contributed by atoms with Gasteiger partial charge in [0.1, 0.15) is 6.54 Å². The van der Waals surface area contributed by atoms with Gasteiger partial charge in [-0.2, -0.15) is 0 Å². The maximum atomic E-state index is 13.5. The van der Waals surface area contributed by atoms with Gasteiger partial charge in [-0.25, -0.2) is 13.2 Å². The number of nitrogens with one attached hydrogen (secondary N) is 1. The minimum absolute atomic E-state index is 0.0373. The first-order valence-electron chi connectivity index (χ1n) is 9.96. The predicted molar refractivity (Wildman–Crippen MR) is 128 cm³/mol. The van der Waals surface area contributed by atoms with Gasteiger partial charge in [-0.1, -0.05) is 47.5 Å². The number of halogens is 1. The van der Waals surface area contributed by atoms with Crippen molar-refractivity contribution in [1.29, 1.82) is 0 Å². The van der Waals surface area contributed by atoms with E-state index in [1.54, 1.807) is 43.3 Å². The van der Waals surface area contributed by atoms with Crippen LogP contribution in [0.5, 0.6) is 0 Å². The van der Waals surface area contributed by atoms with Gasteiger partial charge < -0.3 is 10.1 Å². The molecule has 0 saturated carbocycles. The summed E-state index contributed by atoms with van der Waals surface area (Å²) >= 11 is 6.14. The first kappa shape index (κ1) is 24.3. The molecule has 9 heteroatoms. The van der Waals surface area contributed by atoms with Gasteiger partial charge in [0.15, 0.2) is 0 Å². The molecule has 0 aliphatic heterocycles. The Bertz CT molecular complexity index is 1290. The van der Waals surface area contributed by atoms with Gasteiger partial charge in [0.05, 0.1) is 28.9 Å². The Balaban J connectivity index is 2.01. The van der Waals surface area contributed by atoms with Gasteiger partial charge in [0.25, 0.3) is 10.0 Å². The Hall–Kier alpha value is -3.36. The smallest absolute Gasteiger partial charge is 0.339 e. The number of aryl methyl sites for hydroxylation is 2. The summed E-state index contributed by atoms with van der Waals surface area (Å²) in [5.41, 5.74) is 2.17. The number of amides is 1. The molecule has 172 valence electrons. The number of hydrogen-bond donors (Lipinski definition) is 1. The summed E-state index contributed by atoms with van der Waals surface area (Å²) < 4.78 is 32.8. The summed E-state index contributed by atoms with van der Waals surface area (Å²) in [6, 6.07) is 17.5. The quantitative estimate of drug-likeness (QED) is 0.493. The maximum Gasteiger partial charge on any atom is 0.339 e. The summed E-state index contributed by atoms with van der Waals surface area (Å²) in [5, 5.41) is 2.94. The molecule has 0 aliphatic rings. The molecular weight excluding hydrogens is 464 g/mol. The minimum Gasteiger partial charge on any atom is -0.465 e. The van der Waals surface area contributed by atoms with Crippen LogP contribution in [0.15, 0.2) is 71.6 Å². The highest BCUT2D eigenvalue weighted by atomic mass is 35.5. The molecule has 1 amide bonds. The molecule has 0 radical (unpaired) electrons. The van der Waals surface area contributed by atoms with Crippen molar-refractivity contribution < 1.29 is 22.7 Å². The molecule has 33 heavy (non-hydrogen) atoms. The molecule has 0 heterocycles. The number of methoxy groups -OCH3 is 1. The zero-order chi connectivity index (χ0) is 24.2. The topological polar surface area (TPSA) is 92.8 Å². The van der Waals surface area contributed by atoms with Crippen LogP contribution in [-0.2, 0) is 19.6 Å². The van der Waals surface area contributed by atoms with Crippen LogP contribution in [0.1, 0.15) is 21.5 Å². The molecule has 0 unspecified atom stereocenters. The van der Waals surface area contributed by atoms with Gasteiger partial charge in [0.2, 0.25) is 5.91 Å². The van der Waals surface area contributed by atoms with Crippen LogP contribution < -0.4 is 9.62 Å². The Labute approximate surface area is 198 Å². The Morgan fingerprint density at radius 2 is 1.67 bits per heavy atom. The lowest BCUT2D eigenvalue weighted by Crippen LogP contribution is -2.38. The Kier molecular flexibility index (Phi) is 7.40. The number of benzene rings is 3. The summed E-state index contributed by atoms with van der Waals surface area (Å²) in [6.45, 7) is 3.04. The third kappa shape index (κ3) is 5.53. The molecule has 0 spiro atoms. The van der Waals surface area contributed by atoms with E-state index < -0.39 is 28.4 Å². The first-order valence-corrected chi connectivity index (χ1v) is 11.8. The molecule has 0 aromatic heterocycles. The standard InChI is InChI=1S/C24H23ClN2O5S/c1-16-8-12-19(13-9-16)33(30,31)27(22-14-18(25)11-10-17(22)2)15-23(28)26-21-7-5-4-6-20(21)24(29)32-3/h4-14H,15H2,1-3H3,(H,26,28). The Morgan fingerprint density at radius 3 is 2.33 bits per heavy atom. The largest absolute Gasteiger partial charge is 0.465 e. The van der Waals surface area contributed by atoms with Crippen molar-refractivity contribution in [1.82, 2.24) is 0 Å². The van der Waals surface area contributed by atoms with E-state index in [0.29, 0.717) is 10.6 Å². The molecule has 0 saturated heterocycles. The molecule has 0 bridgehead atoms. The van der Waals surface area contributed by atoms with E-state index in [4.69, 9.17) is 16.3 Å². The lowest BCUT2D eigenvalue weighted by Gasteiger charge is -2.26. The number of para-hydroxylation sites is 1. The Morgan fingerprint density at radius 1 is 1.00 bits per heavy atom. The third-order valence-corrected chi connectivity index (χ3v) is 6.95. The monoisotopic (exact) mass is 486 g/mol. The fourth-order valence-corrected chi connectivity index (χ4v) is 4.83.